The number of halogens is 1. The number of rotatable bonds is 2. The highest BCUT2D eigenvalue weighted by atomic mass is 35.5. The minimum atomic E-state index is 0.0869. The molecule has 3 nitrogen and oxygen atoms in total. The molecule has 1 heterocycles. The van der Waals surface area contributed by atoms with Crippen LogP contribution in [0, 0.1) is 6.92 Å². The van der Waals surface area contributed by atoms with Gasteiger partial charge in [0, 0.05) is 11.5 Å². The molecule has 0 radical (unpaired) electrons. The van der Waals surface area contributed by atoms with Gasteiger partial charge in [-0.1, -0.05) is 11.6 Å². The first-order valence-electron chi connectivity index (χ1n) is 6.41. The third-order valence-electron chi connectivity index (χ3n) is 4.21. The summed E-state index contributed by atoms with van der Waals surface area (Å²) >= 11 is 6.31. The minimum absolute atomic E-state index is 0.0869. The Hall–Kier alpha value is -0.930. The average Bonchev–Trinajstić information content (AvgIpc) is 3.15. The van der Waals surface area contributed by atoms with Crippen LogP contribution < -0.4 is 15.2 Å². The van der Waals surface area contributed by atoms with Crippen LogP contribution in [0.1, 0.15) is 30.9 Å². The van der Waals surface area contributed by atoms with Crippen molar-refractivity contribution < 1.29 is 9.47 Å². The Morgan fingerprint density at radius 2 is 1.89 bits per heavy atom. The maximum Gasteiger partial charge on any atom is 0.180 e. The highest BCUT2D eigenvalue weighted by Crippen LogP contribution is 2.55. The topological polar surface area (TPSA) is 44.5 Å². The van der Waals surface area contributed by atoms with Gasteiger partial charge in [-0.25, -0.2) is 0 Å². The molecular weight excluding hydrogens is 250 g/mol. The van der Waals surface area contributed by atoms with Gasteiger partial charge >= 0.3 is 0 Å². The lowest BCUT2D eigenvalue weighted by Gasteiger charge is -2.27. The SMILES string of the molecule is Cc1c(C2(C(C)N)CC2)cc(Cl)c2c1OCCO2. The molecule has 98 valence electrons. The van der Waals surface area contributed by atoms with Gasteiger partial charge < -0.3 is 15.2 Å². The van der Waals surface area contributed by atoms with E-state index in [0.717, 1.165) is 24.2 Å². The van der Waals surface area contributed by atoms with Gasteiger partial charge in [-0.15, -0.1) is 0 Å². The molecule has 18 heavy (non-hydrogen) atoms. The van der Waals surface area contributed by atoms with Crippen molar-refractivity contribution in [1.82, 2.24) is 0 Å². The fraction of sp³-hybridized carbons (Fsp3) is 0.571. The maximum absolute atomic E-state index is 6.31. The first-order chi connectivity index (χ1) is 8.56. The number of hydrogen-bond donors (Lipinski definition) is 1. The molecule has 1 aromatic carbocycles. The summed E-state index contributed by atoms with van der Waals surface area (Å²) in [7, 11) is 0. The highest BCUT2D eigenvalue weighted by molar-refractivity contribution is 6.32. The lowest BCUT2D eigenvalue weighted by molar-refractivity contribution is 0.170. The fourth-order valence-corrected chi connectivity index (χ4v) is 3.17. The third-order valence-corrected chi connectivity index (χ3v) is 4.49. The van der Waals surface area contributed by atoms with Crippen molar-refractivity contribution in [2.75, 3.05) is 13.2 Å². The second kappa shape index (κ2) is 4.04. The lowest BCUT2D eigenvalue weighted by atomic mass is 9.86. The third kappa shape index (κ3) is 1.61. The summed E-state index contributed by atoms with van der Waals surface area (Å²) in [5, 5.41) is 0.636. The van der Waals surface area contributed by atoms with Gasteiger partial charge in [0.1, 0.15) is 13.2 Å². The second-order valence-corrected chi connectivity index (χ2v) is 5.74. The summed E-state index contributed by atoms with van der Waals surface area (Å²) in [4.78, 5) is 0. The molecule has 0 amide bonds. The summed E-state index contributed by atoms with van der Waals surface area (Å²) in [5.74, 6) is 1.49. The number of fused-ring (bicyclic) bond motifs is 1. The molecule has 1 aliphatic carbocycles. The van der Waals surface area contributed by atoms with Crippen LogP contribution in [0.15, 0.2) is 6.07 Å². The average molecular weight is 268 g/mol. The quantitative estimate of drug-likeness (QED) is 0.896. The van der Waals surface area contributed by atoms with Crippen molar-refractivity contribution in [3.8, 4) is 11.5 Å². The number of hydrogen-bond acceptors (Lipinski definition) is 3. The Bertz CT molecular complexity index is 495. The Morgan fingerprint density at radius 3 is 2.44 bits per heavy atom. The molecule has 0 bridgehead atoms. The molecule has 4 heteroatoms. The van der Waals surface area contributed by atoms with Gasteiger partial charge in [0.2, 0.25) is 0 Å². The molecule has 1 unspecified atom stereocenters. The molecule has 3 rings (SSSR count). The van der Waals surface area contributed by atoms with Gasteiger partial charge in [0.25, 0.3) is 0 Å². The van der Waals surface area contributed by atoms with E-state index in [-0.39, 0.29) is 11.5 Å². The standard InChI is InChI=1S/C14H18ClNO2/c1-8-10(14(3-4-14)9(2)16)7-11(15)13-12(8)17-5-6-18-13/h7,9H,3-6,16H2,1-2H3. The molecule has 2 N–H and O–H groups in total. The first kappa shape index (κ1) is 12.1. The van der Waals surface area contributed by atoms with E-state index in [1.54, 1.807) is 0 Å². The van der Waals surface area contributed by atoms with Crippen molar-refractivity contribution in [1.29, 1.82) is 0 Å². The zero-order chi connectivity index (χ0) is 12.9. The van der Waals surface area contributed by atoms with E-state index in [1.165, 1.54) is 5.56 Å². The van der Waals surface area contributed by atoms with Gasteiger partial charge in [0.05, 0.1) is 5.02 Å². The smallest absolute Gasteiger partial charge is 0.180 e. The summed E-state index contributed by atoms with van der Waals surface area (Å²) in [5.41, 5.74) is 8.59. The molecule has 1 aromatic rings. The van der Waals surface area contributed by atoms with Crippen molar-refractivity contribution in [2.45, 2.75) is 38.1 Å². The van der Waals surface area contributed by atoms with Crippen LogP contribution in [0.3, 0.4) is 0 Å². The zero-order valence-electron chi connectivity index (χ0n) is 10.8. The van der Waals surface area contributed by atoms with Gasteiger partial charge in [-0.3, -0.25) is 0 Å². The summed E-state index contributed by atoms with van der Waals surface area (Å²) < 4.78 is 11.3. The molecule has 1 aliphatic heterocycles. The van der Waals surface area contributed by atoms with Crippen molar-refractivity contribution in [3.05, 3.63) is 22.2 Å². The number of nitrogens with two attached hydrogens (primary N) is 1. The van der Waals surface area contributed by atoms with E-state index in [4.69, 9.17) is 26.8 Å². The van der Waals surface area contributed by atoms with Crippen molar-refractivity contribution in [2.24, 2.45) is 5.73 Å². The molecule has 1 atom stereocenters. The fourth-order valence-electron chi connectivity index (χ4n) is 2.92. The van der Waals surface area contributed by atoms with Gasteiger partial charge in [-0.05, 0) is 43.9 Å². The van der Waals surface area contributed by atoms with E-state index in [2.05, 4.69) is 13.8 Å². The monoisotopic (exact) mass is 267 g/mol. The molecule has 1 fully saturated rings. The van der Waals surface area contributed by atoms with Crippen LogP contribution in [0.5, 0.6) is 11.5 Å². The predicted octanol–water partition coefficient (Wildman–Crippen LogP) is 2.80. The number of ether oxygens (including phenoxy) is 2. The Balaban J connectivity index is 2.15. The first-order valence-corrected chi connectivity index (χ1v) is 6.79. The zero-order valence-corrected chi connectivity index (χ0v) is 11.5. The normalized spacial score (nSPS) is 21.6. The van der Waals surface area contributed by atoms with Gasteiger partial charge in [-0.2, -0.15) is 0 Å². The molecule has 0 spiro atoms. The van der Waals surface area contributed by atoms with E-state index in [9.17, 15) is 0 Å². The molecule has 2 aliphatic rings. The van der Waals surface area contributed by atoms with Crippen LogP contribution in [0.4, 0.5) is 0 Å². The van der Waals surface area contributed by atoms with Crippen molar-refractivity contribution >= 4 is 11.6 Å². The minimum Gasteiger partial charge on any atom is -0.486 e. The van der Waals surface area contributed by atoms with Crippen LogP contribution in [-0.4, -0.2) is 19.3 Å². The summed E-state index contributed by atoms with van der Waals surface area (Å²) in [6, 6.07) is 2.15. The van der Waals surface area contributed by atoms with E-state index in [0.29, 0.717) is 24.0 Å². The highest BCUT2D eigenvalue weighted by Gasteiger charge is 2.49. The van der Waals surface area contributed by atoms with E-state index < -0.39 is 0 Å². The van der Waals surface area contributed by atoms with Crippen LogP contribution >= 0.6 is 11.6 Å². The summed E-state index contributed by atoms with van der Waals surface area (Å²) in [6.07, 6.45) is 2.25. The van der Waals surface area contributed by atoms with Crippen LogP contribution in [-0.2, 0) is 5.41 Å². The Kier molecular flexibility index (Phi) is 2.72. The lowest BCUT2D eigenvalue weighted by Crippen LogP contribution is -2.32. The molecule has 1 saturated carbocycles. The summed E-state index contributed by atoms with van der Waals surface area (Å²) in [6.45, 7) is 5.28. The number of benzene rings is 1. The van der Waals surface area contributed by atoms with Crippen LogP contribution in [0.25, 0.3) is 0 Å². The van der Waals surface area contributed by atoms with E-state index in [1.807, 2.05) is 6.07 Å². The Labute approximate surface area is 112 Å². The maximum atomic E-state index is 6.31. The molecular formula is C14H18ClNO2. The molecule has 0 saturated heterocycles. The van der Waals surface area contributed by atoms with E-state index >= 15 is 0 Å². The van der Waals surface area contributed by atoms with Gasteiger partial charge in [0.15, 0.2) is 11.5 Å². The largest absolute Gasteiger partial charge is 0.486 e. The van der Waals surface area contributed by atoms with Crippen molar-refractivity contribution in [3.63, 3.8) is 0 Å². The Morgan fingerprint density at radius 1 is 1.28 bits per heavy atom. The predicted molar refractivity (Wildman–Crippen MR) is 71.7 cm³/mol. The molecule has 0 aromatic heterocycles. The van der Waals surface area contributed by atoms with Crippen LogP contribution in [0.2, 0.25) is 5.02 Å². The second-order valence-electron chi connectivity index (χ2n) is 5.33.